The lowest BCUT2D eigenvalue weighted by atomic mass is 9.97. The summed E-state index contributed by atoms with van der Waals surface area (Å²) in [4.78, 5) is 13.8. The van der Waals surface area contributed by atoms with Crippen LogP contribution in [0.2, 0.25) is 0 Å². The topological polar surface area (TPSA) is 57.6 Å². The van der Waals surface area contributed by atoms with E-state index in [-0.39, 0.29) is 5.92 Å². The molecule has 0 radical (unpaired) electrons. The van der Waals surface area contributed by atoms with Gasteiger partial charge in [-0.2, -0.15) is 0 Å². The lowest BCUT2D eigenvalue weighted by Gasteiger charge is -2.36. The van der Waals surface area contributed by atoms with Crippen LogP contribution < -0.4 is 0 Å². The van der Waals surface area contributed by atoms with Gasteiger partial charge in [-0.1, -0.05) is 36.4 Å². The van der Waals surface area contributed by atoms with Crippen LogP contribution in [-0.4, -0.2) is 39.0 Å². The van der Waals surface area contributed by atoms with Crippen molar-refractivity contribution in [3.63, 3.8) is 0 Å². The predicted molar refractivity (Wildman–Crippen MR) is 143 cm³/mol. The van der Waals surface area contributed by atoms with Crippen molar-refractivity contribution in [2.75, 3.05) is 18.8 Å². The van der Waals surface area contributed by atoms with Crippen molar-refractivity contribution < 1.29 is 22.9 Å². The van der Waals surface area contributed by atoms with Crippen LogP contribution >= 0.6 is 0 Å². The molecule has 1 N–H and O–H groups in total. The number of likely N-dealkylation sites (tertiary alicyclic amines) is 1. The Kier molecular flexibility index (Phi) is 8.67. The molecule has 0 aliphatic carbocycles. The number of halogens is 2. The van der Waals surface area contributed by atoms with E-state index in [4.69, 9.17) is 5.11 Å². The van der Waals surface area contributed by atoms with Crippen LogP contribution in [0.15, 0.2) is 65.6 Å². The first-order chi connectivity index (χ1) is 17.7. The number of carbonyl (C=O) groups is 1. The first kappa shape index (κ1) is 26.9. The minimum atomic E-state index is -1.21. The van der Waals surface area contributed by atoms with E-state index in [1.165, 1.54) is 17.7 Å². The van der Waals surface area contributed by atoms with Crippen molar-refractivity contribution in [2.24, 2.45) is 5.92 Å². The second-order valence-electron chi connectivity index (χ2n) is 9.70. The Morgan fingerprint density at radius 3 is 2.30 bits per heavy atom. The first-order valence-electron chi connectivity index (χ1n) is 12.3. The molecule has 1 heterocycles. The van der Waals surface area contributed by atoms with E-state index in [0.717, 1.165) is 33.2 Å². The largest absolute Gasteiger partial charge is 0.481 e. The highest BCUT2D eigenvalue weighted by Crippen LogP contribution is 2.27. The van der Waals surface area contributed by atoms with Crippen LogP contribution in [0.1, 0.15) is 40.7 Å². The number of hydrogen-bond donors (Lipinski definition) is 1. The van der Waals surface area contributed by atoms with E-state index >= 15 is 0 Å². The molecule has 1 aliphatic heterocycles. The molecule has 1 unspecified atom stereocenters. The monoisotopic (exact) mass is 523 g/mol. The zero-order valence-electron chi connectivity index (χ0n) is 21.0. The Hall–Kier alpha value is -3.16. The molecular formula is C30H31F2NO3S. The summed E-state index contributed by atoms with van der Waals surface area (Å²) >= 11 is 0. The Bertz CT molecular complexity index is 1310. The van der Waals surface area contributed by atoms with Crippen LogP contribution in [0.3, 0.4) is 0 Å². The summed E-state index contributed by atoms with van der Waals surface area (Å²) in [6, 6.07) is 17.2. The summed E-state index contributed by atoms with van der Waals surface area (Å²) in [5.41, 5.74) is 5.60. The van der Waals surface area contributed by atoms with Crippen LogP contribution in [-0.2, 0) is 22.1 Å². The number of rotatable bonds is 10. The molecule has 194 valence electrons. The molecule has 37 heavy (non-hydrogen) atoms. The third kappa shape index (κ3) is 7.21. The number of allylic oxidation sites excluding steroid dienone is 1. The Labute approximate surface area is 219 Å². The molecule has 0 spiro atoms. The van der Waals surface area contributed by atoms with Crippen LogP contribution in [0.25, 0.3) is 11.6 Å². The third-order valence-electron chi connectivity index (χ3n) is 6.78. The molecule has 3 aromatic rings. The van der Waals surface area contributed by atoms with Gasteiger partial charge in [0.25, 0.3) is 0 Å². The van der Waals surface area contributed by atoms with Gasteiger partial charge in [0.1, 0.15) is 11.6 Å². The summed E-state index contributed by atoms with van der Waals surface area (Å²) in [7, 11) is -1.21. The third-order valence-corrected chi connectivity index (χ3v) is 8.24. The van der Waals surface area contributed by atoms with Gasteiger partial charge in [-0.05, 0) is 84.3 Å². The zero-order valence-corrected chi connectivity index (χ0v) is 21.9. The second-order valence-corrected chi connectivity index (χ2v) is 11.3. The minimum absolute atomic E-state index is 0.287. The van der Waals surface area contributed by atoms with Gasteiger partial charge in [0.15, 0.2) is 0 Å². The fourth-order valence-corrected chi connectivity index (χ4v) is 5.55. The highest BCUT2D eigenvalue weighted by Gasteiger charge is 2.32. The average Bonchev–Trinajstić information content (AvgIpc) is 2.82. The molecule has 1 atom stereocenters. The van der Waals surface area contributed by atoms with Gasteiger partial charge in [-0.15, -0.1) is 0 Å². The predicted octanol–water partition coefficient (Wildman–Crippen LogP) is 6.23. The molecular weight excluding hydrogens is 492 g/mol. The van der Waals surface area contributed by atoms with E-state index in [9.17, 15) is 17.8 Å². The number of aryl methyl sites for hydroxylation is 2. The van der Waals surface area contributed by atoms with Gasteiger partial charge in [-0.25, -0.2) is 8.78 Å². The van der Waals surface area contributed by atoms with Gasteiger partial charge >= 0.3 is 5.97 Å². The van der Waals surface area contributed by atoms with Crippen molar-refractivity contribution in [3.8, 4) is 0 Å². The maximum absolute atomic E-state index is 14.0. The number of carboxylic acid groups (broad SMARTS) is 1. The van der Waals surface area contributed by atoms with Crippen molar-refractivity contribution >= 4 is 28.4 Å². The molecule has 7 heteroatoms. The SMILES string of the molecule is Cc1ccc(C=C(CCCS(=O)c2ccc(CN3CC(C(=O)O)C3)cc2)c2cc(F)cc(F)c2)cc1C. The van der Waals surface area contributed by atoms with Gasteiger partial charge in [0, 0.05) is 36.3 Å². The van der Waals surface area contributed by atoms with Gasteiger partial charge in [-0.3, -0.25) is 13.9 Å². The van der Waals surface area contributed by atoms with E-state index in [1.54, 1.807) is 0 Å². The number of benzene rings is 3. The smallest absolute Gasteiger partial charge is 0.309 e. The van der Waals surface area contributed by atoms with Crippen LogP contribution in [0, 0.1) is 31.4 Å². The Morgan fingerprint density at radius 1 is 1.00 bits per heavy atom. The molecule has 0 saturated carbocycles. The Morgan fingerprint density at radius 2 is 1.68 bits per heavy atom. The quantitative estimate of drug-likeness (QED) is 0.320. The summed E-state index contributed by atoms with van der Waals surface area (Å²) in [5.74, 6) is -1.86. The number of aliphatic carboxylic acids is 1. The second kappa shape index (κ2) is 11.9. The highest BCUT2D eigenvalue weighted by atomic mass is 32.2. The van der Waals surface area contributed by atoms with E-state index in [2.05, 4.69) is 4.90 Å². The molecule has 4 rings (SSSR count). The summed E-state index contributed by atoms with van der Waals surface area (Å²) in [6.07, 6.45) is 3.07. The molecule has 0 bridgehead atoms. The van der Waals surface area contributed by atoms with E-state index in [1.807, 2.05) is 62.4 Å². The maximum Gasteiger partial charge on any atom is 0.309 e. The first-order valence-corrected chi connectivity index (χ1v) is 13.7. The van der Waals surface area contributed by atoms with Crippen LogP contribution in [0.4, 0.5) is 8.78 Å². The Balaban J connectivity index is 1.39. The summed E-state index contributed by atoms with van der Waals surface area (Å²) in [6.45, 7) is 5.84. The standard InChI is InChI=1S/C30H31F2NO3S/c1-20-5-6-23(12-21(20)2)13-24(25-14-27(31)16-28(32)15-25)4-3-11-37(36)29-9-7-22(8-10-29)17-33-18-26(19-33)30(34)35/h5-10,12-16,26H,3-4,11,17-19H2,1-2H3,(H,34,35). The number of carboxylic acids is 1. The number of nitrogens with zero attached hydrogens (tertiary/aromatic N) is 1. The molecule has 0 amide bonds. The van der Waals surface area contributed by atoms with Crippen molar-refractivity contribution in [2.45, 2.75) is 38.1 Å². The molecule has 1 fully saturated rings. The minimum Gasteiger partial charge on any atom is -0.481 e. The van der Waals surface area contributed by atoms with Crippen molar-refractivity contribution in [3.05, 3.63) is 100 Å². The maximum atomic E-state index is 14.0. The van der Waals surface area contributed by atoms with E-state index in [0.29, 0.717) is 43.8 Å². The fourth-order valence-electron chi connectivity index (χ4n) is 4.47. The highest BCUT2D eigenvalue weighted by molar-refractivity contribution is 7.85. The average molecular weight is 524 g/mol. The van der Waals surface area contributed by atoms with Crippen LogP contribution in [0.5, 0.6) is 0 Å². The van der Waals surface area contributed by atoms with Crippen molar-refractivity contribution in [1.82, 2.24) is 4.90 Å². The van der Waals surface area contributed by atoms with Gasteiger partial charge < -0.3 is 5.11 Å². The normalized spacial score (nSPS) is 15.4. The molecule has 0 aromatic heterocycles. The lowest BCUT2D eigenvalue weighted by molar-refractivity contribution is -0.147. The summed E-state index contributed by atoms with van der Waals surface area (Å²) in [5, 5.41) is 9.01. The summed E-state index contributed by atoms with van der Waals surface area (Å²) < 4.78 is 40.9. The lowest BCUT2D eigenvalue weighted by Crippen LogP contribution is -2.49. The molecule has 1 saturated heterocycles. The van der Waals surface area contributed by atoms with Crippen molar-refractivity contribution in [1.29, 1.82) is 0 Å². The van der Waals surface area contributed by atoms with Gasteiger partial charge in [0.2, 0.25) is 0 Å². The zero-order chi connectivity index (χ0) is 26.5. The van der Waals surface area contributed by atoms with Gasteiger partial charge in [0.05, 0.1) is 16.7 Å². The molecule has 4 nitrogen and oxygen atoms in total. The number of hydrogen-bond acceptors (Lipinski definition) is 3. The molecule has 1 aliphatic rings. The van der Waals surface area contributed by atoms with E-state index < -0.39 is 28.4 Å². The fraction of sp³-hybridized carbons (Fsp3) is 0.300. The molecule has 3 aromatic carbocycles.